The van der Waals surface area contributed by atoms with Gasteiger partial charge in [0.05, 0.1) is 54.1 Å². The second-order valence-electron chi connectivity index (χ2n) is 23.7. The lowest BCUT2D eigenvalue weighted by molar-refractivity contribution is -0.139. The molecule has 4 N–H and O–H groups in total. The van der Waals surface area contributed by atoms with Gasteiger partial charge in [0.25, 0.3) is 5.91 Å². The highest BCUT2D eigenvalue weighted by Crippen LogP contribution is 2.38. The molecular formula is C65H75F3N16O6S. The van der Waals surface area contributed by atoms with Gasteiger partial charge in [-0.25, -0.2) is 19.7 Å². The summed E-state index contributed by atoms with van der Waals surface area (Å²) in [6.45, 7) is 9.43. The lowest BCUT2D eigenvalue weighted by atomic mass is 9.83. The van der Waals surface area contributed by atoms with E-state index in [9.17, 15) is 37.1 Å². The molecule has 3 aromatic carbocycles. The number of anilines is 6. The number of hydrogen-bond acceptors (Lipinski definition) is 17. The summed E-state index contributed by atoms with van der Waals surface area (Å²) < 4.78 is 48.0. The number of unbranched alkanes of at least 4 members (excludes halogenated alkanes) is 2. The molecule has 3 atom stereocenters. The third kappa shape index (κ3) is 15.3. The Balaban J connectivity index is 0.591. The van der Waals surface area contributed by atoms with Crippen LogP contribution in [0.1, 0.15) is 131 Å². The van der Waals surface area contributed by atoms with E-state index in [0.717, 1.165) is 131 Å². The van der Waals surface area contributed by atoms with Gasteiger partial charge >= 0.3 is 12.2 Å². The van der Waals surface area contributed by atoms with Crippen LogP contribution in [0.25, 0.3) is 0 Å². The van der Waals surface area contributed by atoms with Gasteiger partial charge in [0, 0.05) is 93.0 Å². The number of alkyl halides is 3. The van der Waals surface area contributed by atoms with Crippen molar-refractivity contribution in [1.82, 2.24) is 55.4 Å². The first-order chi connectivity index (χ1) is 44.0. The topological polar surface area (TPSA) is 241 Å². The molecule has 4 aliphatic rings. The minimum Gasteiger partial charge on any atom is -0.494 e. The molecule has 1 saturated carbocycles. The van der Waals surface area contributed by atoms with Gasteiger partial charge in [0.2, 0.25) is 23.5 Å². The van der Waals surface area contributed by atoms with E-state index in [1.807, 2.05) is 47.0 Å². The molecule has 4 aromatic heterocycles. The molecule has 0 bridgehead atoms. The number of nitrogens with one attached hydrogen (secondary N) is 4. The standard InChI is InChI=1S/C65H75F3N16O6S/c1-41-21-22-48(72-60(87)45-17-11-18-47(32-45)65(66,67)68)34-54(41)84-37-46-35-71-63(76-58(46)79(4)64(84)89)73-49-23-24-55(70-36-49)81-29-27-80(28-30-81)38-50-39-82(78-77-50)25-9-6-10-31-90-51-19-12-16-44(33-51)57(85)52-40-91-61(74-52)53-20-13-26-83(53)62(88)56(43-14-7-5-8-15-43)75-59(86)42(2)69-3/h11-12,16-19,21-24,32-36,39-40,42-43,53,56,69H,5-10,13-15,20,25-31,37-38H2,1-4H3,(H,72,87)(H,75,86)(H,71,73,76)/t42-,53-,56-/m0/s1. The van der Waals surface area contributed by atoms with Gasteiger partial charge in [-0.2, -0.15) is 18.2 Å². The van der Waals surface area contributed by atoms with Crippen LogP contribution in [0.5, 0.6) is 5.75 Å². The quantitative estimate of drug-likeness (QED) is 0.0344. The smallest absolute Gasteiger partial charge is 0.416 e. The zero-order chi connectivity index (χ0) is 63.8. The number of fused-ring (bicyclic) bond motifs is 1. The van der Waals surface area contributed by atoms with Crippen LogP contribution in [0.15, 0.2) is 103 Å². The van der Waals surface area contributed by atoms with Crippen molar-refractivity contribution >= 4 is 75.5 Å². The molecule has 22 nitrogen and oxygen atoms in total. The van der Waals surface area contributed by atoms with Crippen molar-refractivity contribution in [3.8, 4) is 5.75 Å². The fourth-order valence-corrected chi connectivity index (χ4v) is 13.1. The minimum atomic E-state index is -4.60. The van der Waals surface area contributed by atoms with Crippen LogP contribution < -0.4 is 40.7 Å². The number of likely N-dealkylation sites (N-methyl/N-ethyl adjacent to an activating group) is 1. The number of piperazine rings is 1. The van der Waals surface area contributed by atoms with Crippen LogP contribution in [-0.4, -0.2) is 140 Å². The van der Waals surface area contributed by atoms with Crippen molar-refractivity contribution in [2.75, 3.05) is 78.8 Å². The zero-order valence-electron chi connectivity index (χ0n) is 51.4. The van der Waals surface area contributed by atoms with E-state index in [4.69, 9.17) is 14.7 Å². The second-order valence-corrected chi connectivity index (χ2v) is 24.6. The highest BCUT2D eigenvalue weighted by atomic mass is 32.1. The number of carbonyl (C=O) groups excluding carboxylic acids is 5. The van der Waals surface area contributed by atoms with Crippen molar-refractivity contribution < 1.29 is 41.9 Å². The molecule has 478 valence electrons. The largest absolute Gasteiger partial charge is 0.494 e. The van der Waals surface area contributed by atoms with Gasteiger partial charge in [0.1, 0.15) is 34.1 Å². The molecule has 2 saturated heterocycles. The third-order valence-corrected chi connectivity index (χ3v) is 18.3. The lowest BCUT2D eigenvalue weighted by Gasteiger charge is -2.35. The molecule has 0 radical (unpaired) electrons. The molecule has 0 spiro atoms. The van der Waals surface area contributed by atoms with E-state index in [-0.39, 0.29) is 53.6 Å². The van der Waals surface area contributed by atoms with Crippen LogP contribution in [0, 0.1) is 12.8 Å². The number of nitrogens with zero attached hydrogens (tertiary/aromatic N) is 12. The molecule has 7 heterocycles. The van der Waals surface area contributed by atoms with Crippen molar-refractivity contribution in [3.63, 3.8) is 0 Å². The van der Waals surface area contributed by atoms with Crippen LogP contribution in [0.3, 0.4) is 0 Å². The molecule has 26 heteroatoms. The van der Waals surface area contributed by atoms with Gasteiger partial charge in [-0.15, -0.1) is 16.4 Å². The summed E-state index contributed by atoms with van der Waals surface area (Å²) in [6.07, 6.45) is 10.0. The monoisotopic (exact) mass is 1260 g/mol. The summed E-state index contributed by atoms with van der Waals surface area (Å²) in [5.41, 5.74) is 3.53. The third-order valence-electron chi connectivity index (χ3n) is 17.4. The Kier molecular flexibility index (Phi) is 20.0. The van der Waals surface area contributed by atoms with Gasteiger partial charge in [-0.3, -0.25) is 38.6 Å². The summed E-state index contributed by atoms with van der Waals surface area (Å²) in [7, 11) is 3.34. The number of likely N-dealkylation sites (tertiary alicyclic amines) is 1. The summed E-state index contributed by atoms with van der Waals surface area (Å²) in [6, 6.07) is 18.6. The summed E-state index contributed by atoms with van der Waals surface area (Å²) in [5.74, 6) is 1.07. The predicted octanol–water partition coefficient (Wildman–Crippen LogP) is 9.96. The number of urea groups is 1. The molecule has 0 unspecified atom stereocenters. The number of pyridine rings is 1. The Hall–Kier alpha value is -8.88. The van der Waals surface area contributed by atoms with Gasteiger partial charge < -0.3 is 35.8 Å². The molecule has 3 aliphatic heterocycles. The van der Waals surface area contributed by atoms with Crippen molar-refractivity contribution in [2.45, 2.75) is 122 Å². The maximum Gasteiger partial charge on any atom is 0.416 e. The Labute approximate surface area is 530 Å². The fraction of sp³-hybridized carbons (Fsp3) is 0.431. The van der Waals surface area contributed by atoms with Crippen LogP contribution in [-0.2, 0) is 35.4 Å². The fourth-order valence-electron chi connectivity index (χ4n) is 12.1. The number of hydrogen-bond donors (Lipinski definition) is 4. The number of ether oxygens (including phenoxy) is 1. The number of ketones is 1. The maximum absolute atomic E-state index is 14.3. The summed E-state index contributed by atoms with van der Waals surface area (Å²) >= 11 is 1.40. The average molecular weight is 1270 g/mol. The lowest BCUT2D eigenvalue weighted by Crippen LogP contribution is -2.55. The molecule has 3 fully saturated rings. The Morgan fingerprint density at radius 1 is 0.835 bits per heavy atom. The number of carbonyl (C=O) groups is 5. The highest BCUT2D eigenvalue weighted by Gasteiger charge is 2.41. The average Bonchev–Trinajstić information content (AvgIpc) is 1.83. The normalized spacial score (nSPS) is 17.2. The number of halogens is 3. The van der Waals surface area contributed by atoms with Gasteiger partial charge in [-0.1, -0.05) is 48.7 Å². The SMILES string of the molecule is CN[C@@H](C)C(=O)N[C@H](C(=O)N1CCC[C@H]1c1nc(C(=O)c2cccc(OCCCCCn3cc(CN4CCN(c5ccc(Nc6ncc7c(n6)N(C)C(=O)N(c6cc(NC(=O)c8cccc(C(F)(F)F)c8)ccc6C)C7)cn5)CC4)nn3)c2)cs1)C1CCCCC1. The van der Waals surface area contributed by atoms with Crippen molar-refractivity contribution in [2.24, 2.45) is 5.92 Å². The number of thiazole rings is 1. The van der Waals surface area contributed by atoms with Gasteiger partial charge in [-0.05, 0) is 132 Å². The molecule has 7 aromatic rings. The summed E-state index contributed by atoms with van der Waals surface area (Å²) in [5, 5.41) is 23.3. The zero-order valence-corrected chi connectivity index (χ0v) is 52.2. The highest BCUT2D eigenvalue weighted by molar-refractivity contribution is 7.10. The molecule has 5 amide bonds. The Morgan fingerprint density at radius 3 is 2.41 bits per heavy atom. The van der Waals surface area contributed by atoms with Crippen molar-refractivity contribution in [1.29, 1.82) is 0 Å². The Morgan fingerprint density at radius 2 is 1.63 bits per heavy atom. The summed E-state index contributed by atoms with van der Waals surface area (Å²) in [4.78, 5) is 96.1. The van der Waals surface area contributed by atoms with E-state index in [0.29, 0.717) is 65.1 Å². The van der Waals surface area contributed by atoms with E-state index < -0.39 is 29.7 Å². The molecule has 91 heavy (non-hydrogen) atoms. The van der Waals surface area contributed by atoms with E-state index in [2.05, 4.69) is 51.3 Å². The minimum absolute atomic E-state index is 0.0606. The Bertz CT molecular complexity index is 3740. The molecule has 11 rings (SSSR count). The second kappa shape index (κ2) is 28.5. The number of rotatable bonds is 23. The molecular weight excluding hydrogens is 1190 g/mol. The van der Waals surface area contributed by atoms with E-state index >= 15 is 0 Å². The number of benzene rings is 3. The number of aromatic nitrogens is 7. The first-order valence-corrected chi connectivity index (χ1v) is 31.9. The van der Waals surface area contributed by atoms with Gasteiger partial charge in [0.15, 0.2) is 0 Å². The van der Waals surface area contributed by atoms with Crippen LogP contribution in [0.4, 0.5) is 52.6 Å². The number of aryl methyl sites for hydroxylation is 2. The maximum atomic E-state index is 14.3. The first kappa shape index (κ1) is 63.7. The van der Waals surface area contributed by atoms with E-state index in [1.54, 1.807) is 69.1 Å². The van der Waals surface area contributed by atoms with Crippen LogP contribution in [0.2, 0.25) is 0 Å². The molecule has 1 aliphatic carbocycles. The first-order valence-electron chi connectivity index (χ1n) is 31.1. The number of amides is 5. The van der Waals surface area contributed by atoms with Crippen LogP contribution >= 0.6 is 11.3 Å². The van der Waals surface area contributed by atoms with Crippen molar-refractivity contribution in [3.05, 3.63) is 147 Å². The predicted molar refractivity (Wildman–Crippen MR) is 340 cm³/mol. The van der Waals surface area contributed by atoms with E-state index in [1.165, 1.54) is 33.3 Å².